The monoisotopic (exact) mass is 400 g/mol. The lowest BCUT2D eigenvalue weighted by atomic mass is 10.1. The highest BCUT2D eigenvalue weighted by Gasteiger charge is 2.29. The minimum atomic E-state index is -4.41. The van der Waals surface area contributed by atoms with Crippen molar-refractivity contribution in [2.24, 2.45) is 5.10 Å². The third-order valence-corrected chi connectivity index (χ3v) is 4.70. The van der Waals surface area contributed by atoms with Gasteiger partial charge < -0.3 is 0 Å². The SMILES string of the molecule is O=C(N/N=C\c1ccc(C(F)(F)F)cc1)c1ccc2c(=O)n3c(nc2c1)CCC3. The van der Waals surface area contributed by atoms with Crippen LogP contribution < -0.4 is 11.0 Å². The predicted molar refractivity (Wildman–Crippen MR) is 101 cm³/mol. The van der Waals surface area contributed by atoms with Gasteiger partial charge >= 0.3 is 6.18 Å². The average molecular weight is 400 g/mol. The van der Waals surface area contributed by atoms with Gasteiger partial charge in [-0.3, -0.25) is 14.2 Å². The molecule has 0 saturated carbocycles. The molecule has 0 saturated heterocycles. The predicted octanol–water partition coefficient (Wildman–Crippen LogP) is 3.13. The molecular formula is C20H15F3N4O2. The minimum Gasteiger partial charge on any atom is -0.296 e. The molecule has 148 valence electrons. The van der Waals surface area contributed by atoms with E-state index < -0.39 is 17.6 Å². The molecule has 0 fully saturated rings. The minimum absolute atomic E-state index is 0.116. The van der Waals surface area contributed by atoms with Crippen molar-refractivity contribution in [3.05, 3.63) is 75.3 Å². The van der Waals surface area contributed by atoms with Crippen LogP contribution in [0.15, 0.2) is 52.4 Å². The van der Waals surface area contributed by atoms with E-state index in [1.165, 1.54) is 30.5 Å². The summed E-state index contributed by atoms with van der Waals surface area (Å²) in [5, 5.41) is 4.22. The Kier molecular flexibility index (Phi) is 4.65. The van der Waals surface area contributed by atoms with Crippen molar-refractivity contribution in [3.63, 3.8) is 0 Å². The molecule has 1 aliphatic heterocycles. The normalized spacial score (nSPS) is 13.8. The van der Waals surface area contributed by atoms with Crippen LogP contribution >= 0.6 is 0 Å². The second-order valence-electron chi connectivity index (χ2n) is 6.64. The third kappa shape index (κ3) is 3.75. The van der Waals surface area contributed by atoms with Gasteiger partial charge in [0, 0.05) is 18.5 Å². The van der Waals surface area contributed by atoms with Crippen LogP contribution in [0.25, 0.3) is 10.9 Å². The molecule has 2 heterocycles. The van der Waals surface area contributed by atoms with E-state index in [2.05, 4.69) is 15.5 Å². The summed E-state index contributed by atoms with van der Waals surface area (Å²) in [5.74, 6) is 0.192. The molecule has 0 unspecified atom stereocenters. The number of aryl methyl sites for hydroxylation is 1. The number of amides is 1. The summed E-state index contributed by atoms with van der Waals surface area (Å²) in [6.07, 6.45) is -1.57. The number of hydrogen-bond acceptors (Lipinski definition) is 4. The number of rotatable bonds is 3. The van der Waals surface area contributed by atoms with Gasteiger partial charge in [0.25, 0.3) is 11.5 Å². The number of fused-ring (bicyclic) bond motifs is 2. The summed E-state index contributed by atoms with van der Waals surface area (Å²) in [6, 6.07) is 8.99. The Morgan fingerprint density at radius 3 is 2.66 bits per heavy atom. The fraction of sp³-hybridized carbons (Fsp3) is 0.200. The summed E-state index contributed by atoms with van der Waals surface area (Å²) >= 11 is 0. The van der Waals surface area contributed by atoms with Crippen LogP contribution in [-0.2, 0) is 19.1 Å². The second-order valence-corrected chi connectivity index (χ2v) is 6.64. The van der Waals surface area contributed by atoms with E-state index in [0.717, 1.165) is 25.0 Å². The molecule has 0 radical (unpaired) electrons. The van der Waals surface area contributed by atoms with Crippen LogP contribution in [0.4, 0.5) is 13.2 Å². The molecule has 1 aromatic heterocycles. The number of benzene rings is 2. The molecule has 4 rings (SSSR count). The molecule has 0 aliphatic carbocycles. The Morgan fingerprint density at radius 2 is 1.93 bits per heavy atom. The molecule has 6 nitrogen and oxygen atoms in total. The maximum atomic E-state index is 12.6. The summed E-state index contributed by atoms with van der Waals surface area (Å²) < 4.78 is 39.3. The smallest absolute Gasteiger partial charge is 0.296 e. The van der Waals surface area contributed by atoms with Crippen molar-refractivity contribution >= 4 is 23.0 Å². The largest absolute Gasteiger partial charge is 0.416 e. The number of nitrogens with zero attached hydrogens (tertiary/aromatic N) is 3. The Hall–Kier alpha value is -3.49. The molecule has 0 bridgehead atoms. The Bertz CT molecular complexity index is 1180. The van der Waals surface area contributed by atoms with Gasteiger partial charge in [-0.15, -0.1) is 0 Å². The zero-order valence-electron chi connectivity index (χ0n) is 15.0. The quantitative estimate of drug-likeness (QED) is 0.542. The molecule has 29 heavy (non-hydrogen) atoms. The fourth-order valence-corrected chi connectivity index (χ4v) is 3.21. The Morgan fingerprint density at radius 1 is 1.17 bits per heavy atom. The Labute approximate surface area is 162 Å². The third-order valence-electron chi connectivity index (χ3n) is 4.70. The lowest BCUT2D eigenvalue weighted by Crippen LogP contribution is -2.22. The maximum Gasteiger partial charge on any atom is 0.416 e. The van der Waals surface area contributed by atoms with Crippen molar-refractivity contribution in [1.29, 1.82) is 0 Å². The number of hydrogen-bond donors (Lipinski definition) is 1. The number of hydrazone groups is 1. The van der Waals surface area contributed by atoms with Crippen LogP contribution in [0, 0.1) is 0 Å². The average Bonchev–Trinajstić information content (AvgIpc) is 3.16. The van der Waals surface area contributed by atoms with Crippen LogP contribution in [0.2, 0.25) is 0 Å². The van der Waals surface area contributed by atoms with Gasteiger partial charge in [0.15, 0.2) is 0 Å². The van der Waals surface area contributed by atoms with E-state index in [0.29, 0.717) is 28.8 Å². The number of nitrogens with one attached hydrogen (secondary N) is 1. The van der Waals surface area contributed by atoms with Gasteiger partial charge in [-0.2, -0.15) is 18.3 Å². The summed E-state index contributed by atoms with van der Waals surface area (Å²) in [4.78, 5) is 29.2. The van der Waals surface area contributed by atoms with Crippen molar-refractivity contribution in [1.82, 2.24) is 15.0 Å². The molecule has 0 atom stereocenters. The van der Waals surface area contributed by atoms with E-state index >= 15 is 0 Å². The van der Waals surface area contributed by atoms with Gasteiger partial charge in [0.05, 0.1) is 22.7 Å². The molecule has 1 aliphatic rings. The van der Waals surface area contributed by atoms with Crippen molar-refractivity contribution in [2.75, 3.05) is 0 Å². The van der Waals surface area contributed by atoms with Gasteiger partial charge in [0.2, 0.25) is 0 Å². The topological polar surface area (TPSA) is 76.3 Å². The fourth-order valence-electron chi connectivity index (χ4n) is 3.21. The highest BCUT2D eigenvalue weighted by Crippen LogP contribution is 2.28. The number of aromatic nitrogens is 2. The first-order valence-corrected chi connectivity index (χ1v) is 8.87. The van der Waals surface area contributed by atoms with E-state index in [1.54, 1.807) is 10.6 Å². The standard InChI is InChI=1S/C20H15F3N4O2/c21-20(22,23)14-6-3-12(4-7-14)11-24-26-18(28)13-5-8-15-16(10-13)25-17-2-1-9-27(17)19(15)29/h3-8,10-11H,1-2,9H2,(H,26,28)/b24-11-. The van der Waals surface area contributed by atoms with Gasteiger partial charge in [-0.25, -0.2) is 10.4 Å². The highest BCUT2D eigenvalue weighted by atomic mass is 19.4. The molecule has 3 aromatic rings. The highest BCUT2D eigenvalue weighted by molar-refractivity contribution is 5.98. The lowest BCUT2D eigenvalue weighted by Gasteiger charge is -2.06. The maximum absolute atomic E-state index is 12.6. The molecule has 1 N–H and O–H groups in total. The van der Waals surface area contributed by atoms with E-state index in [4.69, 9.17) is 0 Å². The second kappa shape index (κ2) is 7.16. The molecule has 9 heteroatoms. The number of alkyl halides is 3. The van der Waals surface area contributed by atoms with Gasteiger partial charge in [-0.1, -0.05) is 12.1 Å². The summed E-state index contributed by atoms with van der Waals surface area (Å²) in [7, 11) is 0. The lowest BCUT2D eigenvalue weighted by molar-refractivity contribution is -0.137. The van der Waals surface area contributed by atoms with Crippen LogP contribution in [0.5, 0.6) is 0 Å². The Balaban J connectivity index is 1.50. The van der Waals surface area contributed by atoms with Crippen molar-refractivity contribution in [3.8, 4) is 0 Å². The number of carbonyl (C=O) groups excluding carboxylic acids is 1. The summed E-state index contributed by atoms with van der Waals surface area (Å²) in [6.45, 7) is 0.651. The number of halogens is 3. The van der Waals surface area contributed by atoms with Crippen LogP contribution in [-0.4, -0.2) is 21.7 Å². The zero-order valence-corrected chi connectivity index (χ0v) is 15.0. The van der Waals surface area contributed by atoms with Crippen LogP contribution in [0.3, 0.4) is 0 Å². The first-order valence-electron chi connectivity index (χ1n) is 8.87. The first-order chi connectivity index (χ1) is 13.8. The van der Waals surface area contributed by atoms with E-state index in [9.17, 15) is 22.8 Å². The molecule has 2 aromatic carbocycles. The molecule has 0 spiro atoms. The number of carbonyl (C=O) groups is 1. The van der Waals surface area contributed by atoms with Crippen LogP contribution in [0.1, 0.15) is 33.7 Å². The zero-order chi connectivity index (χ0) is 20.6. The van der Waals surface area contributed by atoms with E-state index in [1.807, 2.05) is 0 Å². The van der Waals surface area contributed by atoms with Crippen molar-refractivity contribution in [2.45, 2.75) is 25.6 Å². The summed E-state index contributed by atoms with van der Waals surface area (Å²) in [5.41, 5.74) is 2.57. The van der Waals surface area contributed by atoms with E-state index in [-0.39, 0.29) is 11.1 Å². The first kappa shape index (κ1) is 18.9. The van der Waals surface area contributed by atoms with Crippen molar-refractivity contribution < 1.29 is 18.0 Å². The molecule has 1 amide bonds. The van der Waals surface area contributed by atoms with Gasteiger partial charge in [0.1, 0.15) is 5.82 Å². The molecular weight excluding hydrogens is 385 g/mol. The van der Waals surface area contributed by atoms with Gasteiger partial charge in [-0.05, 0) is 42.3 Å².